The third-order valence-corrected chi connectivity index (χ3v) is 4.55. The van der Waals surface area contributed by atoms with Crippen LogP contribution in [0.1, 0.15) is 45.7 Å². The minimum Gasteiger partial charge on any atom is -0.493 e. The first kappa shape index (κ1) is 20.8. The molecule has 2 rings (SSSR count). The largest absolute Gasteiger partial charge is 0.493 e. The quantitative estimate of drug-likeness (QED) is 0.489. The maximum Gasteiger partial charge on any atom is 0.338 e. The number of hydrogen-bond acceptors (Lipinski definition) is 5. The smallest absolute Gasteiger partial charge is 0.338 e. The molecule has 0 radical (unpaired) electrons. The van der Waals surface area contributed by atoms with Crippen molar-refractivity contribution in [2.45, 2.75) is 26.7 Å². The van der Waals surface area contributed by atoms with E-state index >= 15 is 0 Å². The van der Waals surface area contributed by atoms with Gasteiger partial charge in [-0.05, 0) is 42.2 Å². The van der Waals surface area contributed by atoms with Crippen molar-refractivity contribution in [3.05, 3.63) is 57.6 Å². The molecular formula is C21H23ClO5. The Labute approximate surface area is 164 Å². The number of halogens is 1. The van der Waals surface area contributed by atoms with Gasteiger partial charge in [-0.25, -0.2) is 4.79 Å². The van der Waals surface area contributed by atoms with Crippen molar-refractivity contribution in [1.82, 2.24) is 0 Å². The lowest BCUT2D eigenvalue weighted by atomic mass is 9.98. The van der Waals surface area contributed by atoms with Crippen molar-refractivity contribution >= 4 is 23.4 Å². The Morgan fingerprint density at radius 1 is 1.00 bits per heavy atom. The van der Waals surface area contributed by atoms with Gasteiger partial charge in [-0.1, -0.05) is 37.6 Å². The second-order valence-corrected chi connectivity index (χ2v) is 6.30. The Balaban J connectivity index is 2.16. The monoisotopic (exact) mass is 390 g/mol. The summed E-state index contributed by atoms with van der Waals surface area (Å²) < 4.78 is 15.5. The minimum absolute atomic E-state index is 0.184. The molecule has 6 heteroatoms. The minimum atomic E-state index is -0.657. The maximum atomic E-state index is 12.6. The summed E-state index contributed by atoms with van der Waals surface area (Å²) >= 11 is 6.11. The van der Waals surface area contributed by atoms with Crippen molar-refractivity contribution in [3.63, 3.8) is 0 Å². The molecule has 0 N–H and O–H groups in total. The molecule has 0 spiro atoms. The molecule has 27 heavy (non-hydrogen) atoms. The van der Waals surface area contributed by atoms with Gasteiger partial charge in [0.25, 0.3) is 0 Å². The number of aryl methyl sites for hydroxylation is 2. The third kappa shape index (κ3) is 4.80. The fourth-order valence-corrected chi connectivity index (χ4v) is 3.03. The lowest BCUT2D eigenvalue weighted by molar-refractivity contribution is 0.0474. The Bertz CT molecular complexity index is 845. The predicted molar refractivity (Wildman–Crippen MR) is 104 cm³/mol. The number of rotatable bonds is 8. The number of esters is 1. The Morgan fingerprint density at radius 2 is 1.74 bits per heavy atom. The first-order valence-electron chi connectivity index (χ1n) is 8.68. The van der Waals surface area contributed by atoms with Crippen LogP contribution < -0.4 is 9.47 Å². The van der Waals surface area contributed by atoms with Gasteiger partial charge in [0.2, 0.25) is 5.78 Å². The molecule has 0 aliphatic carbocycles. The van der Waals surface area contributed by atoms with Crippen LogP contribution in [0.25, 0.3) is 0 Å². The van der Waals surface area contributed by atoms with E-state index < -0.39 is 5.97 Å². The normalized spacial score (nSPS) is 10.4. The molecule has 0 aliphatic rings. The van der Waals surface area contributed by atoms with E-state index in [2.05, 4.69) is 0 Å². The first-order valence-corrected chi connectivity index (χ1v) is 9.06. The van der Waals surface area contributed by atoms with Crippen LogP contribution in [0.5, 0.6) is 11.5 Å². The Morgan fingerprint density at radius 3 is 2.33 bits per heavy atom. The first-order chi connectivity index (χ1) is 12.9. The number of methoxy groups -OCH3 is 2. The van der Waals surface area contributed by atoms with Gasteiger partial charge in [0.1, 0.15) is 0 Å². The van der Waals surface area contributed by atoms with Gasteiger partial charge in [-0.2, -0.15) is 0 Å². The van der Waals surface area contributed by atoms with E-state index in [0.717, 1.165) is 24.0 Å². The SMILES string of the molecule is CCc1ccc(CC)c(C(=O)COC(=O)c2cc(Cl)c(OC)c(OC)c2)c1. The van der Waals surface area contributed by atoms with E-state index in [9.17, 15) is 9.59 Å². The average molecular weight is 391 g/mol. The summed E-state index contributed by atoms with van der Waals surface area (Å²) in [5.41, 5.74) is 2.77. The van der Waals surface area contributed by atoms with Crippen LogP contribution >= 0.6 is 11.6 Å². The number of carbonyl (C=O) groups is 2. The van der Waals surface area contributed by atoms with Gasteiger partial charge < -0.3 is 14.2 Å². The zero-order chi connectivity index (χ0) is 20.0. The van der Waals surface area contributed by atoms with E-state index in [1.807, 2.05) is 32.0 Å². The molecular weight excluding hydrogens is 368 g/mol. The zero-order valence-electron chi connectivity index (χ0n) is 15.9. The van der Waals surface area contributed by atoms with Crippen molar-refractivity contribution in [2.24, 2.45) is 0 Å². The molecule has 0 unspecified atom stereocenters. The van der Waals surface area contributed by atoms with Crippen molar-refractivity contribution in [2.75, 3.05) is 20.8 Å². The fraction of sp³-hybridized carbons (Fsp3) is 0.333. The highest BCUT2D eigenvalue weighted by Gasteiger charge is 2.18. The summed E-state index contributed by atoms with van der Waals surface area (Å²) in [5, 5.41) is 0.221. The molecule has 0 aromatic heterocycles. The summed E-state index contributed by atoms with van der Waals surface area (Å²) in [6.07, 6.45) is 1.55. The summed E-state index contributed by atoms with van der Waals surface area (Å²) in [6, 6.07) is 8.70. The summed E-state index contributed by atoms with van der Waals surface area (Å²) in [6.45, 7) is 3.66. The third-order valence-electron chi connectivity index (χ3n) is 4.27. The molecule has 2 aromatic rings. The molecule has 0 aliphatic heterocycles. The lowest BCUT2D eigenvalue weighted by Crippen LogP contribution is -2.16. The van der Waals surface area contributed by atoms with Gasteiger partial charge in [-0.3, -0.25) is 4.79 Å². The number of ether oxygens (including phenoxy) is 3. The van der Waals surface area contributed by atoms with E-state index in [1.54, 1.807) is 0 Å². The number of ketones is 1. The topological polar surface area (TPSA) is 61.8 Å². The van der Waals surface area contributed by atoms with Crippen molar-refractivity contribution in [1.29, 1.82) is 0 Å². The van der Waals surface area contributed by atoms with Crippen LogP contribution in [0, 0.1) is 0 Å². The van der Waals surface area contributed by atoms with Crippen LogP contribution in [0.3, 0.4) is 0 Å². The zero-order valence-corrected chi connectivity index (χ0v) is 16.7. The van der Waals surface area contributed by atoms with Gasteiger partial charge in [0.15, 0.2) is 18.1 Å². The molecule has 5 nitrogen and oxygen atoms in total. The molecule has 144 valence electrons. The van der Waals surface area contributed by atoms with Gasteiger partial charge in [0.05, 0.1) is 24.8 Å². The Hall–Kier alpha value is -2.53. The second kappa shape index (κ2) is 9.42. The number of hydrogen-bond donors (Lipinski definition) is 0. The van der Waals surface area contributed by atoms with E-state index in [1.165, 1.54) is 26.4 Å². The van der Waals surface area contributed by atoms with E-state index in [4.69, 9.17) is 25.8 Å². The van der Waals surface area contributed by atoms with Crippen LogP contribution in [0.4, 0.5) is 0 Å². The summed E-state index contributed by atoms with van der Waals surface area (Å²) in [5.74, 6) is -0.249. The molecule has 0 heterocycles. The molecule has 0 saturated carbocycles. The van der Waals surface area contributed by atoms with Crippen molar-refractivity contribution < 1.29 is 23.8 Å². The Kier molecular flexibility index (Phi) is 7.25. The van der Waals surface area contributed by atoms with E-state index in [-0.39, 0.29) is 23.0 Å². The molecule has 0 fully saturated rings. The van der Waals surface area contributed by atoms with Crippen LogP contribution in [-0.4, -0.2) is 32.6 Å². The standard InChI is InChI=1S/C21H23ClO5/c1-5-13-7-8-14(6-2)16(9-13)18(23)12-27-21(24)15-10-17(22)20(26-4)19(11-15)25-3/h7-11H,5-6,12H2,1-4H3. The van der Waals surface area contributed by atoms with Gasteiger partial charge in [-0.15, -0.1) is 0 Å². The average Bonchev–Trinajstić information content (AvgIpc) is 2.70. The highest BCUT2D eigenvalue weighted by Crippen LogP contribution is 2.36. The summed E-state index contributed by atoms with van der Waals surface area (Å²) in [7, 11) is 2.90. The molecule has 0 bridgehead atoms. The van der Waals surface area contributed by atoms with E-state index in [0.29, 0.717) is 17.1 Å². The van der Waals surface area contributed by atoms with Crippen LogP contribution in [0.15, 0.2) is 30.3 Å². The summed E-state index contributed by atoms with van der Waals surface area (Å²) in [4.78, 5) is 24.9. The number of Topliss-reactive ketones (excluding diaryl/α,β-unsaturated/α-hetero) is 1. The maximum absolute atomic E-state index is 12.6. The molecule has 2 aromatic carbocycles. The highest BCUT2D eigenvalue weighted by molar-refractivity contribution is 6.32. The molecule has 0 atom stereocenters. The van der Waals surface area contributed by atoms with Gasteiger partial charge >= 0.3 is 5.97 Å². The van der Waals surface area contributed by atoms with Gasteiger partial charge in [0, 0.05) is 5.56 Å². The van der Waals surface area contributed by atoms with Crippen LogP contribution in [0.2, 0.25) is 5.02 Å². The molecule has 0 saturated heterocycles. The van der Waals surface area contributed by atoms with Crippen LogP contribution in [-0.2, 0) is 17.6 Å². The number of carbonyl (C=O) groups excluding carboxylic acids is 2. The fourth-order valence-electron chi connectivity index (χ4n) is 2.74. The second-order valence-electron chi connectivity index (χ2n) is 5.89. The highest BCUT2D eigenvalue weighted by atomic mass is 35.5. The molecule has 0 amide bonds. The van der Waals surface area contributed by atoms with Crippen molar-refractivity contribution in [3.8, 4) is 11.5 Å². The predicted octanol–water partition coefficient (Wildman–Crippen LogP) is 4.52. The lowest BCUT2D eigenvalue weighted by Gasteiger charge is -2.12. The number of benzene rings is 2.